The van der Waals surface area contributed by atoms with Crippen LogP contribution in [0.1, 0.15) is 18.4 Å². The number of nitrogens with zero attached hydrogens (tertiary/aromatic N) is 2. The van der Waals surface area contributed by atoms with Crippen LogP contribution in [-0.2, 0) is 16.6 Å². The van der Waals surface area contributed by atoms with Crippen LogP contribution in [0.3, 0.4) is 0 Å². The van der Waals surface area contributed by atoms with Gasteiger partial charge in [0.05, 0.1) is 10.4 Å². The van der Waals surface area contributed by atoms with Crippen LogP contribution in [-0.4, -0.2) is 36.5 Å². The highest BCUT2D eigenvalue weighted by molar-refractivity contribution is 7.90. The molecule has 0 spiro atoms. The van der Waals surface area contributed by atoms with Gasteiger partial charge in [-0.1, -0.05) is 18.2 Å². The molecule has 0 radical (unpaired) electrons. The minimum atomic E-state index is -3.61. The van der Waals surface area contributed by atoms with E-state index < -0.39 is 10.0 Å². The lowest BCUT2D eigenvalue weighted by atomic mass is 10.1. The summed E-state index contributed by atoms with van der Waals surface area (Å²) in [4.78, 5) is 2.75. The molecule has 6 heteroatoms. The third-order valence-corrected chi connectivity index (χ3v) is 7.20. The molecule has 0 unspecified atom stereocenters. The van der Waals surface area contributed by atoms with Crippen molar-refractivity contribution in [1.29, 1.82) is 0 Å². The molecule has 1 fully saturated rings. The predicted octanol–water partition coefficient (Wildman–Crippen LogP) is 3.24. The molecular weight excluding hydrogens is 348 g/mol. The van der Waals surface area contributed by atoms with Crippen molar-refractivity contribution in [3.63, 3.8) is 0 Å². The Morgan fingerprint density at radius 3 is 2.73 bits per heavy atom. The maximum atomic E-state index is 13.0. The van der Waals surface area contributed by atoms with Gasteiger partial charge in [-0.05, 0) is 49.7 Å². The minimum absolute atomic E-state index is 0.295. The topological polar surface area (TPSA) is 51.5 Å². The van der Waals surface area contributed by atoms with E-state index in [9.17, 15) is 8.42 Å². The monoisotopic (exact) mass is 368 g/mol. The first-order chi connectivity index (χ1) is 12.6. The Labute approximate surface area is 152 Å². The molecule has 0 aliphatic carbocycles. The average molecular weight is 368 g/mol. The van der Waals surface area contributed by atoms with Gasteiger partial charge in [0, 0.05) is 29.7 Å². The van der Waals surface area contributed by atoms with E-state index in [0.717, 1.165) is 29.8 Å². The SMILES string of the molecule is O=S(=O)(c1ccccc1)n1ccc2c3c(ccc21)OC[C@@H]1CCCN1C3. The summed E-state index contributed by atoms with van der Waals surface area (Å²) in [5.41, 5.74) is 1.79. The van der Waals surface area contributed by atoms with Crippen LogP contribution < -0.4 is 4.74 Å². The molecule has 2 aromatic carbocycles. The van der Waals surface area contributed by atoms with E-state index in [2.05, 4.69) is 4.90 Å². The van der Waals surface area contributed by atoms with Crippen LogP contribution in [0.15, 0.2) is 59.6 Å². The number of benzene rings is 2. The zero-order valence-corrected chi connectivity index (χ0v) is 15.2. The molecule has 3 heterocycles. The highest BCUT2D eigenvalue weighted by atomic mass is 32.2. The first-order valence-electron chi connectivity index (χ1n) is 8.95. The zero-order valence-electron chi connectivity index (χ0n) is 14.3. The summed E-state index contributed by atoms with van der Waals surface area (Å²) in [6.07, 6.45) is 4.02. The Balaban J connectivity index is 1.65. The van der Waals surface area contributed by atoms with Crippen LogP contribution in [0.2, 0.25) is 0 Å². The second-order valence-electron chi connectivity index (χ2n) is 6.98. The van der Waals surface area contributed by atoms with Gasteiger partial charge in [-0.25, -0.2) is 12.4 Å². The summed E-state index contributed by atoms with van der Waals surface area (Å²) in [5, 5.41) is 0.953. The van der Waals surface area contributed by atoms with E-state index in [-0.39, 0.29) is 0 Å². The van der Waals surface area contributed by atoms with E-state index in [1.54, 1.807) is 30.5 Å². The fourth-order valence-corrected chi connectivity index (χ4v) is 5.50. The van der Waals surface area contributed by atoms with Crippen LogP contribution in [0.25, 0.3) is 10.9 Å². The van der Waals surface area contributed by atoms with Crippen molar-refractivity contribution in [2.45, 2.75) is 30.3 Å². The molecular formula is C20H20N2O3S. The summed E-state index contributed by atoms with van der Waals surface area (Å²) in [6, 6.07) is 14.7. The maximum Gasteiger partial charge on any atom is 0.268 e. The first kappa shape index (κ1) is 15.9. The summed E-state index contributed by atoms with van der Waals surface area (Å²) in [6.45, 7) is 2.60. The summed E-state index contributed by atoms with van der Waals surface area (Å²) in [5.74, 6) is 0.877. The summed E-state index contributed by atoms with van der Waals surface area (Å²) >= 11 is 0. The largest absolute Gasteiger partial charge is 0.492 e. The van der Waals surface area contributed by atoms with Crippen molar-refractivity contribution >= 4 is 20.9 Å². The Morgan fingerprint density at radius 2 is 1.88 bits per heavy atom. The van der Waals surface area contributed by atoms with Crippen LogP contribution >= 0.6 is 0 Å². The average Bonchev–Trinajstić information content (AvgIpc) is 3.25. The highest BCUT2D eigenvalue weighted by Crippen LogP contribution is 2.36. The molecule has 134 valence electrons. The number of fused-ring (bicyclic) bond motifs is 4. The van der Waals surface area contributed by atoms with Gasteiger partial charge in [-0.2, -0.15) is 0 Å². The van der Waals surface area contributed by atoms with Crippen molar-refractivity contribution in [1.82, 2.24) is 8.87 Å². The van der Waals surface area contributed by atoms with E-state index >= 15 is 0 Å². The molecule has 0 N–H and O–H groups in total. The molecule has 2 aliphatic rings. The van der Waals surface area contributed by atoms with Crippen molar-refractivity contribution in [3.8, 4) is 5.75 Å². The number of rotatable bonds is 2. The Kier molecular flexibility index (Phi) is 3.58. The molecule has 1 aromatic heterocycles. The smallest absolute Gasteiger partial charge is 0.268 e. The van der Waals surface area contributed by atoms with Crippen molar-refractivity contribution in [2.75, 3.05) is 13.2 Å². The molecule has 26 heavy (non-hydrogen) atoms. The van der Waals surface area contributed by atoms with Crippen LogP contribution in [0.4, 0.5) is 0 Å². The van der Waals surface area contributed by atoms with Crippen molar-refractivity contribution in [2.24, 2.45) is 0 Å². The molecule has 0 saturated carbocycles. The van der Waals surface area contributed by atoms with E-state index in [1.807, 2.05) is 24.3 Å². The number of ether oxygens (including phenoxy) is 1. The first-order valence-corrected chi connectivity index (χ1v) is 10.4. The van der Waals surface area contributed by atoms with Crippen molar-refractivity contribution in [3.05, 3.63) is 60.3 Å². The zero-order chi connectivity index (χ0) is 17.7. The quantitative estimate of drug-likeness (QED) is 0.697. The number of hydrogen-bond acceptors (Lipinski definition) is 4. The second-order valence-corrected chi connectivity index (χ2v) is 8.80. The van der Waals surface area contributed by atoms with Gasteiger partial charge in [-0.3, -0.25) is 4.90 Å². The normalized spacial score (nSPS) is 20.4. The lowest BCUT2D eigenvalue weighted by Crippen LogP contribution is -2.31. The van der Waals surface area contributed by atoms with Crippen LogP contribution in [0.5, 0.6) is 5.75 Å². The molecule has 5 rings (SSSR count). The number of hydrogen-bond donors (Lipinski definition) is 0. The summed E-state index contributed by atoms with van der Waals surface area (Å²) in [7, 11) is -3.61. The second kappa shape index (κ2) is 5.86. The predicted molar refractivity (Wildman–Crippen MR) is 99.9 cm³/mol. The van der Waals surface area contributed by atoms with E-state index in [1.165, 1.54) is 16.8 Å². The summed E-state index contributed by atoms with van der Waals surface area (Å²) < 4.78 is 33.5. The molecule has 3 aromatic rings. The van der Waals surface area contributed by atoms with Gasteiger partial charge in [0.25, 0.3) is 10.0 Å². The van der Waals surface area contributed by atoms with Gasteiger partial charge in [0.1, 0.15) is 12.4 Å². The van der Waals surface area contributed by atoms with Gasteiger partial charge >= 0.3 is 0 Å². The third-order valence-electron chi connectivity index (χ3n) is 5.50. The Hall–Kier alpha value is -2.31. The minimum Gasteiger partial charge on any atom is -0.492 e. The lowest BCUT2D eigenvalue weighted by Gasteiger charge is -2.20. The molecule has 2 aliphatic heterocycles. The maximum absolute atomic E-state index is 13.0. The van der Waals surface area contributed by atoms with Gasteiger partial charge in [0.15, 0.2) is 0 Å². The third kappa shape index (κ3) is 2.36. The molecule has 0 bridgehead atoms. The molecule has 0 amide bonds. The molecule has 1 saturated heterocycles. The van der Waals surface area contributed by atoms with Crippen molar-refractivity contribution < 1.29 is 13.2 Å². The fourth-order valence-electron chi connectivity index (χ4n) is 4.13. The number of aromatic nitrogens is 1. The lowest BCUT2D eigenvalue weighted by molar-refractivity contribution is 0.189. The van der Waals surface area contributed by atoms with E-state index in [0.29, 0.717) is 23.1 Å². The van der Waals surface area contributed by atoms with Gasteiger partial charge in [0.2, 0.25) is 0 Å². The molecule has 5 nitrogen and oxygen atoms in total. The molecule has 1 atom stereocenters. The van der Waals surface area contributed by atoms with Gasteiger partial charge in [-0.15, -0.1) is 0 Å². The fraction of sp³-hybridized carbons (Fsp3) is 0.300. The Bertz CT molecular complexity index is 1070. The highest BCUT2D eigenvalue weighted by Gasteiger charge is 2.30. The standard InChI is InChI=1S/C20H20N2O3S/c23-26(24,16-6-2-1-3-7-16)22-12-10-17-18-13-21-11-4-5-15(21)14-25-20(18)9-8-19(17)22/h1-3,6-10,12,15H,4-5,11,13-14H2/t15-/m0/s1. The van der Waals surface area contributed by atoms with Gasteiger partial charge < -0.3 is 4.74 Å². The Morgan fingerprint density at radius 1 is 1.04 bits per heavy atom. The van der Waals surface area contributed by atoms with E-state index in [4.69, 9.17) is 4.74 Å². The van der Waals surface area contributed by atoms with Crippen LogP contribution in [0, 0.1) is 0 Å².